The number of carbonyl (C=O) groups is 1. The molecule has 0 aromatic heterocycles. The lowest BCUT2D eigenvalue weighted by atomic mass is 9.53. The number of ether oxygens (including phenoxy) is 1. The van der Waals surface area contributed by atoms with Crippen LogP contribution in [0.2, 0.25) is 5.02 Å². The van der Waals surface area contributed by atoms with Crippen molar-refractivity contribution in [1.82, 2.24) is 10.6 Å². The molecular formula is C19H25ClN2O2. The highest BCUT2D eigenvalue weighted by atomic mass is 35.5. The first-order valence-electron chi connectivity index (χ1n) is 9.01. The molecule has 0 heterocycles. The molecule has 5 heteroatoms. The second kappa shape index (κ2) is 6.14. The Morgan fingerprint density at radius 3 is 2.21 bits per heavy atom. The Kier molecular flexibility index (Phi) is 4.11. The summed E-state index contributed by atoms with van der Waals surface area (Å²) in [6, 6.07) is 7.05. The smallest absolute Gasteiger partial charge is 0.318 e. The summed E-state index contributed by atoms with van der Waals surface area (Å²) in [5.41, 5.74) is 0.0266. The number of benzene rings is 1. The van der Waals surface area contributed by atoms with Gasteiger partial charge in [-0.2, -0.15) is 0 Å². The van der Waals surface area contributed by atoms with Crippen molar-refractivity contribution >= 4 is 17.6 Å². The molecule has 5 rings (SSSR count). The van der Waals surface area contributed by atoms with Gasteiger partial charge >= 0.3 is 6.03 Å². The maximum Gasteiger partial charge on any atom is 0.318 e. The molecule has 4 aliphatic rings. The number of amides is 2. The minimum atomic E-state index is -0.389. The monoisotopic (exact) mass is 348 g/mol. The lowest BCUT2D eigenvalue weighted by Crippen LogP contribution is -2.62. The molecule has 4 nitrogen and oxygen atoms in total. The van der Waals surface area contributed by atoms with Crippen LogP contribution in [0.1, 0.15) is 45.4 Å². The highest BCUT2D eigenvalue weighted by molar-refractivity contribution is 6.30. The number of rotatable bonds is 4. The van der Waals surface area contributed by atoms with Crippen LogP contribution in [-0.2, 0) is 0 Å². The quantitative estimate of drug-likeness (QED) is 0.795. The highest BCUT2D eigenvalue weighted by Gasteiger charge is 2.51. The fourth-order valence-corrected chi connectivity index (χ4v) is 5.60. The standard InChI is InChI=1S/C19H25ClN2O2/c1-12(24-17-4-2-16(20)3-5-17)21-18(23)22-19-9-13-6-14(10-19)8-15(7-13)11-19/h2-5,12-15H,6-11H2,1H3,(H2,21,22,23). The van der Waals surface area contributed by atoms with Gasteiger partial charge in [-0.05, 0) is 87.5 Å². The Bertz CT molecular complexity index is 581. The third kappa shape index (κ3) is 3.34. The number of urea groups is 1. The van der Waals surface area contributed by atoms with Gasteiger partial charge in [0.05, 0.1) is 0 Å². The molecule has 4 aliphatic carbocycles. The van der Waals surface area contributed by atoms with E-state index < -0.39 is 0 Å². The molecule has 4 fully saturated rings. The van der Waals surface area contributed by atoms with Crippen molar-refractivity contribution in [3.63, 3.8) is 0 Å². The maximum atomic E-state index is 12.5. The van der Waals surface area contributed by atoms with Crippen molar-refractivity contribution in [2.45, 2.75) is 57.2 Å². The lowest BCUT2D eigenvalue weighted by molar-refractivity contribution is -0.0141. The first-order chi connectivity index (χ1) is 11.5. The van der Waals surface area contributed by atoms with Crippen molar-refractivity contribution < 1.29 is 9.53 Å². The van der Waals surface area contributed by atoms with Crippen LogP contribution in [0.3, 0.4) is 0 Å². The van der Waals surface area contributed by atoms with E-state index in [0.29, 0.717) is 10.8 Å². The van der Waals surface area contributed by atoms with E-state index in [2.05, 4.69) is 10.6 Å². The highest BCUT2D eigenvalue weighted by Crippen LogP contribution is 2.55. The van der Waals surface area contributed by atoms with Gasteiger partial charge in [-0.15, -0.1) is 0 Å². The van der Waals surface area contributed by atoms with E-state index >= 15 is 0 Å². The van der Waals surface area contributed by atoms with Crippen molar-refractivity contribution in [3.05, 3.63) is 29.3 Å². The fourth-order valence-electron chi connectivity index (χ4n) is 5.47. The van der Waals surface area contributed by atoms with Gasteiger partial charge in [-0.1, -0.05) is 11.6 Å². The third-order valence-electron chi connectivity index (χ3n) is 5.88. The third-order valence-corrected chi connectivity index (χ3v) is 6.13. The average molecular weight is 349 g/mol. The van der Waals surface area contributed by atoms with Gasteiger partial charge in [0, 0.05) is 10.6 Å². The van der Waals surface area contributed by atoms with Crippen LogP contribution in [-0.4, -0.2) is 17.8 Å². The van der Waals surface area contributed by atoms with E-state index in [9.17, 15) is 4.79 Å². The van der Waals surface area contributed by atoms with Crippen molar-refractivity contribution in [3.8, 4) is 5.75 Å². The van der Waals surface area contributed by atoms with E-state index in [1.165, 1.54) is 19.3 Å². The van der Waals surface area contributed by atoms with Crippen molar-refractivity contribution in [1.29, 1.82) is 0 Å². The van der Waals surface area contributed by atoms with Crippen LogP contribution >= 0.6 is 11.6 Å². The maximum absolute atomic E-state index is 12.5. The van der Waals surface area contributed by atoms with Crippen LogP contribution < -0.4 is 15.4 Å². The summed E-state index contributed by atoms with van der Waals surface area (Å²) in [5.74, 6) is 3.15. The number of hydrogen-bond donors (Lipinski definition) is 2. The average Bonchev–Trinajstić information content (AvgIpc) is 2.47. The first kappa shape index (κ1) is 16.1. The van der Waals surface area contributed by atoms with Crippen molar-refractivity contribution in [2.75, 3.05) is 0 Å². The molecule has 4 saturated carbocycles. The zero-order valence-corrected chi connectivity index (χ0v) is 14.8. The zero-order valence-electron chi connectivity index (χ0n) is 14.1. The van der Waals surface area contributed by atoms with Gasteiger partial charge in [-0.3, -0.25) is 0 Å². The molecule has 4 bridgehead atoms. The summed E-state index contributed by atoms with van der Waals surface area (Å²) < 4.78 is 5.73. The Balaban J connectivity index is 1.32. The Hall–Kier alpha value is -1.42. The molecule has 2 N–H and O–H groups in total. The van der Waals surface area contributed by atoms with Gasteiger partial charge < -0.3 is 15.4 Å². The van der Waals surface area contributed by atoms with Gasteiger partial charge in [0.1, 0.15) is 5.75 Å². The van der Waals surface area contributed by atoms with Crippen LogP contribution in [0, 0.1) is 17.8 Å². The van der Waals surface area contributed by atoms with Crippen LogP contribution in [0.15, 0.2) is 24.3 Å². The summed E-state index contributed by atoms with van der Waals surface area (Å²) in [6.45, 7) is 1.84. The van der Waals surface area contributed by atoms with Crippen molar-refractivity contribution in [2.24, 2.45) is 17.8 Å². The molecule has 2 amide bonds. The lowest BCUT2D eigenvalue weighted by Gasteiger charge is -2.56. The SMILES string of the molecule is CC(NC(=O)NC12CC3CC(CC(C3)C1)C2)Oc1ccc(Cl)cc1. The van der Waals surface area contributed by atoms with Gasteiger partial charge in [-0.25, -0.2) is 4.79 Å². The molecule has 0 spiro atoms. The summed E-state index contributed by atoms with van der Waals surface area (Å²) in [4.78, 5) is 12.5. The van der Waals surface area contributed by atoms with E-state index in [0.717, 1.165) is 37.0 Å². The van der Waals surface area contributed by atoms with E-state index in [-0.39, 0.29) is 17.8 Å². The molecule has 1 unspecified atom stereocenters. The molecule has 130 valence electrons. The molecular weight excluding hydrogens is 324 g/mol. The summed E-state index contributed by atoms with van der Waals surface area (Å²) in [6.07, 6.45) is 7.19. The molecule has 0 saturated heterocycles. The predicted molar refractivity (Wildman–Crippen MR) is 94.1 cm³/mol. The van der Waals surface area contributed by atoms with Gasteiger partial charge in [0.2, 0.25) is 0 Å². The number of carbonyl (C=O) groups excluding carboxylic acids is 1. The molecule has 0 aliphatic heterocycles. The van der Waals surface area contributed by atoms with E-state index in [4.69, 9.17) is 16.3 Å². The molecule has 0 radical (unpaired) electrons. The molecule has 1 atom stereocenters. The largest absolute Gasteiger partial charge is 0.471 e. The normalized spacial score (nSPS) is 34.7. The zero-order chi connectivity index (χ0) is 16.7. The molecule has 1 aromatic carbocycles. The number of hydrogen-bond acceptors (Lipinski definition) is 2. The summed E-state index contributed by atoms with van der Waals surface area (Å²) >= 11 is 5.87. The second-order valence-electron chi connectivity index (χ2n) is 8.01. The first-order valence-corrected chi connectivity index (χ1v) is 9.38. The fraction of sp³-hybridized carbons (Fsp3) is 0.632. The predicted octanol–water partition coefficient (Wildman–Crippen LogP) is 4.33. The van der Waals surface area contributed by atoms with Gasteiger partial charge in [0.25, 0.3) is 0 Å². The van der Waals surface area contributed by atoms with Crippen LogP contribution in [0.4, 0.5) is 4.79 Å². The van der Waals surface area contributed by atoms with Crippen LogP contribution in [0.25, 0.3) is 0 Å². The molecule has 24 heavy (non-hydrogen) atoms. The molecule has 1 aromatic rings. The second-order valence-corrected chi connectivity index (χ2v) is 8.45. The Labute approximate surface area is 148 Å². The van der Waals surface area contributed by atoms with Crippen LogP contribution in [0.5, 0.6) is 5.75 Å². The van der Waals surface area contributed by atoms with E-state index in [1.807, 2.05) is 6.92 Å². The minimum Gasteiger partial charge on any atom is -0.471 e. The number of nitrogens with one attached hydrogen (secondary N) is 2. The van der Waals surface area contributed by atoms with Gasteiger partial charge in [0.15, 0.2) is 6.23 Å². The van der Waals surface area contributed by atoms with E-state index in [1.54, 1.807) is 24.3 Å². The summed E-state index contributed by atoms with van der Waals surface area (Å²) in [7, 11) is 0. The Morgan fingerprint density at radius 2 is 1.67 bits per heavy atom. The summed E-state index contributed by atoms with van der Waals surface area (Å²) in [5, 5.41) is 6.88. The minimum absolute atomic E-state index is 0.0266. The Morgan fingerprint density at radius 1 is 1.12 bits per heavy atom. The number of halogens is 1. The topological polar surface area (TPSA) is 50.4 Å².